The molecule has 0 radical (unpaired) electrons. The summed E-state index contributed by atoms with van der Waals surface area (Å²) in [6.45, 7) is 10.7. The highest BCUT2D eigenvalue weighted by atomic mass is 35.5. The van der Waals surface area contributed by atoms with Crippen molar-refractivity contribution in [3.05, 3.63) is 112 Å². The van der Waals surface area contributed by atoms with Crippen molar-refractivity contribution in [1.29, 1.82) is 0 Å². The minimum absolute atomic E-state index is 0.0971. The van der Waals surface area contributed by atoms with E-state index in [0.29, 0.717) is 46.3 Å². The first kappa shape index (κ1) is 44.1. The predicted molar refractivity (Wildman–Crippen MR) is 259 cm³/mol. The van der Waals surface area contributed by atoms with Crippen molar-refractivity contribution in [2.75, 3.05) is 47.2 Å². The van der Waals surface area contributed by atoms with Gasteiger partial charge in [-0.2, -0.15) is 0 Å². The number of aromatic nitrogens is 6. The molecule has 6 aromatic rings. The molecule has 13 nitrogen and oxygen atoms in total. The van der Waals surface area contributed by atoms with Crippen LogP contribution in [0.2, 0.25) is 5.02 Å². The maximum absolute atomic E-state index is 12.1. The van der Waals surface area contributed by atoms with Crippen LogP contribution in [0.5, 0.6) is 0 Å². The molecule has 0 atom stereocenters. The molecule has 4 aromatic heterocycles. The number of nitrogens with one attached hydrogen (secondary N) is 5. The van der Waals surface area contributed by atoms with Gasteiger partial charge in [0.1, 0.15) is 5.82 Å². The maximum atomic E-state index is 12.1. The highest BCUT2D eigenvalue weighted by Crippen LogP contribution is 2.36. The molecule has 5 N–H and O–H groups in total. The normalized spacial score (nSPS) is 12.8. The monoisotopic (exact) mass is 884 g/mol. The van der Waals surface area contributed by atoms with E-state index >= 15 is 0 Å². The van der Waals surface area contributed by atoms with Gasteiger partial charge < -0.3 is 31.5 Å². The van der Waals surface area contributed by atoms with Crippen molar-refractivity contribution in [3.63, 3.8) is 0 Å². The molecule has 0 bridgehead atoms. The second-order valence-corrected chi connectivity index (χ2v) is 18.0. The van der Waals surface area contributed by atoms with E-state index in [1.54, 1.807) is 18.5 Å². The van der Waals surface area contributed by atoms with Crippen LogP contribution in [0.25, 0.3) is 22.5 Å². The number of nitrogens with zero attached hydrogens (tertiary/aromatic N) is 7. The lowest BCUT2D eigenvalue weighted by molar-refractivity contribution is -0.123. The number of rotatable bonds is 9. The number of pyridine rings is 2. The van der Waals surface area contributed by atoms with E-state index < -0.39 is 5.41 Å². The van der Waals surface area contributed by atoms with E-state index in [9.17, 15) is 4.79 Å². The molecular formula is C46H49ClN12OS2. The summed E-state index contributed by atoms with van der Waals surface area (Å²) in [5.41, 5.74) is 11.8. The summed E-state index contributed by atoms with van der Waals surface area (Å²) in [7, 11) is 4.19. The molecule has 0 saturated carbocycles. The third kappa shape index (κ3) is 11.1. The van der Waals surface area contributed by atoms with Gasteiger partial charge in [-0.1, -0.05) is 68.9 Å². The van der Waals surface area contributed by atoms with Crippen molar-refractivity contribution < 1.29 is 4.79 Å². The molecule has 0 unspecified atom stereocenters. The molecule has 1 amide bonds. The Hall–Kier alpha value is -6.00. The Morgan fingerprint density at radius 1 is 0.774 bits per heavy atom. The average Bonchev–Trinajstić information content (AvgIpc) is 3.43. The molecule has 2 aliphatic heterocycles. The lowest BCUT2D eigenvalue weighted by atomic mass is 9.96. The van der Waals surface area contributed by atoms with Gasteiger partial charge in [0.15, 0.2) is 0 Å². The van der Waals surface area contributed by atoms with Crippen LogP contribution in [0.1, 0.15) is 55.3 Å². The zero-order valence-electron chi connectivity index (χ0n) is 35.8. The Morgan fingerprint density at radius 2 is 1.40 bits per heavy atom. The summed E-state index contributed by atoms with van der Waals surface area (Å²) in [4.78, 5) is 43.4. The van der Waals surface area contributed by atoms with Gasteiger partial charge in [0.25, 0.3) is 0 Å². The standard InChI is InChI=1S/C24H28N6S.C22H21ClN6OS/c1-15-7-9-19-21(12-15)27-22(31)13-17-14-25-24(29-23(17)19)28-20-10-8-18(26-16(20)2)6-5-11-30(3)4;1-22(2,3)20(30)28-17-7-5-14(11-24-17)26-21-25-10-12-8-18(31)27-16-9-13(23)4-6-15(16)19(12)29-21/h7-10,12,14H,5-6,11,13H2,1-4H3,(H,27,31)(H,25,28,29);4-7,9-11H,8H2,1-3H3,(H,27,31)(H,24,28,30)(H,25,26,29). The smallest absolute Gasteiger partial charge is 0.230 e. The van der Waals surface area contributed by atoms with Gasteiger partial charge in [-0.3, -0.25) is 9.78 Å². The molecule has 0 spiro atoms. The van der Waals surface area contributed by atoms with Crippen LogP contribution in [0.4, 0.5) is 40.5 Å². The van der Waals surface area contributed by atoms with Crippen LogP contribution in [-0.2, 0) is 24.1 Å². The van der Waals surface area contributed by atoms with Crippen LogP contribution in [0, 0.1) is 19.3 Å². The molecule has 0 fully saturated rings. The summed E-state index contributed by atoms with van der Waals surface area (Å²) < 4.78 is 0. The molecular weight excluding hydrogens is 836 g/mol. The molecule has 2 aliphatic rings. The third-order valence-electron chi connectivity index (χ3n) is 10.0. The number of benzene rings is 2. The fourth-order valence-corrected chi connectivity index (χ4v) is 7.45. The molecule has 62 heavy (non-hydrogen) atoms. The van der Waals surface area contributed by atoms with Gasteiger partial charge in [-0.25, -0.2) is 24.9 Å². The quantitative estimate of drug-likeness (QED) is 0.0874. The van der Waals surface area contributed by atoms with Crippen molar-refractivity contribution in [3.8, 4) is 22.5 Å². The van der Waals surface area contributed by atoms with E-state index in [1.807, 2.05) is 58.2 Å². The fraction of sp³-hybridized carbons (Fsp3) is 0.283. The number of amides is 1. The predicted octanol–water partition coefficient (Wildman–Crippen LogP) is 9.90. The fourth-order valence-electron chi connectivity index (χ4n) is 6.74. The topological polar surface area (TPSA) is 158 Å². The lowest BCUT2D eigenvalue weighted by Crippen LogP contribution is -2.27. The summed E-state index contributed by atoms with van der Waals surface area (Å²) in [6, 6.07) is 19.6. The van der Waals surface area contributed by atoms with Gasteiger partial charge in [0, 0.05) is 75.0 Å². The largest absolute Gasteiger partial charge is 0.349 e. The first-order chi connectivity index (χ1) is 29.6. The number of aryl methyl sites for hydroxylation is 3. The maximum Gasteiger partial charge on any atom is 0.230 e. The zero-order valence-corrected chi connectivity index (χ0v) is 38.2. The third-order valence-corrected chi connectivity index (χ3v) is 10.7. The number of fused-ring (bicyclic) bond motifs is 6. The number of hydrogen-bond donors (Lipinski definition) is 5. The summed E-state index contributed by atoms with van der Waals surface area (Å²) in [5, 5.41) is 16.5. The van der Waals surface area contributed by atoms with Gasteiger partial charge in [-0.05, 0) is 101 Å². The summed E-state index contributed by atoms with van der Waals surface area (Å²) in [6.07, 6.45) is 8.49. The zero-order chi connectivity index (χ0) is 44.1. The molecule has 6 heterocycles. The average molecular weight is 886 g/mol. The van der Waals surface area contributed by atoms with E-state index in [-0.39, 0.29) is 5.91 Å². The Morgan fingerprint density at radius 3 is 2.00 bits per heavy atom. The number of carbonyl (C=O) groups excluding carboxylic acids is 1. The second-order valence-electron chi connectivity index (χ2n) is 16.6. The second kappa shape index (κ2) is 18.9. The molecule has 0 aliphatic carbocycles. The molecule has 16 heteroatoms. The minimum Gasteiger partial charge on any atom is -0.349 e. The molecule has 0 saturated heterocycles. The SMILES string of the molecule is CC(C)(C)C(=O)Nc1ccc(Nc2ncc3c(n2)-c2ccc(Cl)cc2NC(=S)C3)cn1.Cc1ccc2c(c1)NC(=S)Cc1cnc(Nc3ccc(CCCN(C)C)nc3C)nc1-2. The molecule has 8 rings (SSSR count). The van der Waals surface area contributed by atoms with Crippen molar-refractivity contribution in [1.82, 2.24) is 34.8 Å². The van der Waals surface area contributed by atoms with Gasteiger partial charge in [0.05, 0.1) is 44.6 Å². The minimum atomic E-state index is -0.494. The van der Waals surface area contributed by atoms with E-state index in [0.717, 1.165) is 86.5 Å². The summed E-state index contributed by atoms with van der Waals surface area (Å²) in [5.74, 6) is 1.38. The Labute approximate surface area is 378 Å². The van der Waals surface area contributed by atoms with Crippen LogP contribution in [0.3, 0.4) is 0 Å². The molecule has 2 aromatic carbocycles. The van der Waals surface area contributed by atoms with E-state index in [2.05, 4.69) is 97.8 Å². The van der Waals surface area contributed by atoms with Gasteiger partial charge in [-0.15, -0.1) is 0 Å². The summed E-state index contributed by atoms with van der Waals surface area (Å²) >= 11 is 17.1. The number of carbonyl (C=O) groups is 1. The lowest BCUT2D eigenvalue weighted by Gasteiger charge is -2.17. The highest BCUT2D eigenvalue weighted by molar-refractivity contribution is 7.80. The van der Waals surface area contributed by atoms with E-state index in [4.69, 9.17) is 51.0 Å². The van der Waals surface area contributed by atoms with E-state index in [1.165, 1.54) is 5.56 Å². The molecule has 318 valence electrons. The van der Waals surface area contributed by atoms with Crippen LogP contribution in [0.15, 0.2) is 79.3 Å². The highest BCUT2D eigenvalue weighted by Gasteiger charge is 2.23. The van der Waals surface area contributed by atoms with Crippen molar-refractivity contribution in [2.45, 2.75) is 60.3 Å². The number of thiocarbonyl (C=S) groups is 2. The van der Waals surface area contributed by atoms with Crippen molar-refractivity contribution in [2.24, 2.45) is 5.41 Å². The number of hydrogen-bond acceptors (Lipinski definition) is 12. The Balaban J connectivity index is 0.000000186. The van der Waals surface area contributed by atoms with Gasteiger partial charge in [0.2, 0.25) is 17.8 Å². The first-order valence-electron chi connectivity index (χ1n) is 20.2. The van der Waals surface area contributed by atoms with Crippen LogP contribution < -0.4 is 26.6 Å². The first-order valence-corrected chi connectivity index (χ1v) is 21.4. The Kier molecular flexibility index (Phi) is 13.5. The van der Waals surface area contributed by atoms with Crippen LogP contribution >= 0.6 is 36.0 Å². The van der Waals surface area contributed by atoms with Crippen molar-refractivity contribution >= 4 is 92.4 Å². The van der Waals surface area contributed by atoms with Crippen LogP contribution in [-0.4, -0.2) is 71.3 Å². The number of halogens is 1. The Bertz CT molecular complexity index is 2670. The van der Waals surface area contributed by atoms with Gasteiger partial charge >= 0.3 is 0 Å². The number of anilines is 7.